The summed E-state index contributed by atoms with van der Waals surface area (Å²) in [6, 6.07) is 50.3. The van der Waals surface area contributed by atoms with Crippen LogP contribution in [0.5, 0.6) is 0 Å². The summed E-state index contributed by atoms with van der Waals surface area (Å²) in [5.74, 6) is 0. The van der Waals surface area contributed by atoms with Crippen molar-refractivity contribution in [3.8, 4) is 44.8 Å². The predicted molar refractivity (Wildman–Crippen MR) is 196 cm³/mol. The van der Waals surface area contributed by atoms with Crippen molar-refractivity contribution >= 4 is 54.6 Å². The third-order valence-corrected chi connectivity index (χ3v) is 9.40. The zero-order valence-corrected chi connectivity index (χ0v) is 25.7. The van der Waals surface area contributed by atoms with Gasteiger partial charge in [0.2, 0.25) is 0 Å². The Bertz CT molecular complexity index is 2630. The fraction of sp³-hybridized carbons (Fsp3) is 0. The van der Waals surface area contributed by atoms with Gasteiger partial charge in [-0.15, -0.1) is 0 Å². The van der Waals surface area contributed by atoms with Crippen molar-refractivity contribution in [3.63, 3.8) is 0 Å². The molecule has 224 valence electrons. The van der Waals surface area contributed by atoms with Gasteiger partial charge in [0.1, 0.15) is 22.3 Å². The van der Waals surface area contributed by atoms with Crippen LogP contribution in [-0.4, -0.2) is 9.97 Å². The number of fused-ring (bicyclic) bond motifs is 7. The summed E-state index contributed by atoms with van der Waals surface area (Å²) < 4.78 is 12.6. The Morgan fingerprint density at radius 3 is 1.25 bits per heavy atom. The quantitative estimate of drug-likeness (QED) is 0.198. The molecule has 0 bridgehead atoms. The molecule has 0 atom stereocenters. The van der Waals surface area contributed by atoms with Crippen molar-refractivity contribution in [2.24, 2.45) is 0 Å². The predicted octanol–water partition coefficient (Wildman–Crippen LogP) is 12.1. The van der Waals surface area contributed by atoms with E-state index in [1.807, 2.05) is 48.8 Å². The highest BCUT2D eigenvalue weighted by Gasteiger charge is 2.16. The van der Waals surface area contributed by atoms with Crippen molar-refractivity contribution in [1.82, 2.24) is 9.97 Å². The maximum atomic E-state index is 6.31. The summed E-state index contributed by atoms with van der Waals surface area (Å²) in [5.41, 5.74) is 11.4. The highest BCUT2D eigenvalue weighted by Crippen LogP contribution is 2.40. The Kier molecular flexibility index (Phi) is 5.84. The van der Waals surface area contributed by atoms with E-state index in [0.717, 1.165) is 88.6 Å². The van der Waals surface area contributed by atoms with E-state index >= 15 is 0 Å². The van der Waals surface area contributed by atoms with E-state index in [1.165, 1.54) is 10.8 Å². The van der Waals surface area contributed by atoms with Crippen LogP contribution in [0.4, 0.5) is 0 Å². The van der Waals surface area contributed by atoms with Gasteiger partial charge in [-0.3, -0.25) is 9.97 Å². The maximum absolute atomic E-state index is 6.31. The number of para-hydroxylation sites is 4. The highest BCUT2D eigenvalue weighted by atomic mass is 16.3. The molecule has 10 aromatic rings. The first-order valence-electron chi connectivity index (χ1n) is 16.1. The lowest BCUT2D eigenvalue weighted by molar-refractivity contribution is 0.669. The lowest BCUT2D eigenvalue weighted by Gasteiger charge is -2.13. The summed E-state index contributed by atoms with van der Waals surface area (Å²) >= 11 is 0. The van der Waals surface area contributed by atoms with Gasteiger partial charge in [0.05, 0.1) is 11.4 Å². The van der Waals surface area contributed by atoms with Crippen LogP contribution >= 0.6 is 0 Å². The van der Waals surface area contributed by atoms with Crippen molar-refractivity contribution in [2.45, 2.75) is 0 Å². The second-order valence-electron chi connectivity index (χ2n) is 12.2. The van der Waals surface area contributed by atoms with Crippen molar-refractivity contribution in [1.29, 1.82) is 0 Å². The number of pyridine rings is 2. The second-order valence-corrected chi connectivity index (χ2v) is 12.2. The number of furan rings is 2. The molecule has 0 amide bonds. The van der Waals surface area contributed by atoms with Gasteiger partial charge in [-0.25, -0.2) is 0 Å². The van der Waals surface area contributed by atoms with Gasteiger partial charge in [-0.05, 0) is 70.4 Å². The van der Waals surface area contributed by atoms with Gasteiger partial charge in [0, 0.05) is 56.2 Å². The van der Waals surface area contributed by atoms with Crippen LogP contribution in [-0.2, 0) is 0 Å². The van der Waals surface area contributed by atoms with E-state index in [0.29, 0.717) is 0 Å². The summed E-state index contributed by atoms with van der Waals surface area (Å²) in [7, 11) is 0. The van der Waals surface area contributed by atoms with E-state index in [9.17, 15) is 0 Å². The van der Waals surface area contributed by atoms with Gasteiger partial charge in [-0.2, -0.15) is 0 Å². The Labute approximate surface area is 275 Å². The zero-order valence-electron chi connectivity index (χ0n) is 25.7. The standard InChI is InChI=1S/C44H26N2O2/c1-2-10-28-24-38(30-20-22-40(46-26-30)36-16-8-14-34-32-12-4-6-18-42(32)48-44(34)36)37(23-27(28)9-1)29-19-21-39(45-25-29)35-15-7-13-33-31-11-3-5-17-41(31)47-43(33)35/h1-26H. The number of benzene rings is 6. The Hall–Kier alpha value is -6.52. The van der Waals surface area contributed by atoms with Gasteiger partial charge in [0.15, 0.2) is 0 Å². The van der Waals surface area contributed by atoms with Crippen LogP contribution in [0.15, 0.2) is 167 Å². The van der Waals surface area contributed by atoms with E-state index in [1.54, 1.807) is 0 Å². The van der Waals surface area contributed by atoms with Crippen LogP contribution in [0.1, 0.15) is 0 Å². The smallest absolute Gasteiger partial charge is 0.144 e. The van der Waals surface area contributed by atoms with Gasteiger partial charge in [-0.1, -0.05) is 97.1 Å². The lowest BCUT2D eigenvalue weighted by Crippen LogP contribution is -1.91. The number of nitrogens with zero attached hydrogens (tertiary/aromatic N) is 2. The summed E-state index contributed by atoms with van der Waals surface area (Å²) in [5, 5.41) is 6.76. The molecule has 4 nitrogen and oxygen atoms in total. The van der Waals surface area contributed by atoms with Crippen molar-refractivity contribution in [3.05, 3.63) is 158 Å². The molecule has 0 radical (unpaired) electrons. The van der Waals surface area contributed by atoms with Crippen LogP contribution in [0.25, 0.3) is 99.4 Å². The van der Waals surface area contributed by atoms with Gasteiger partial charge in [0.25, 0.3) is 0 Å². The first-order valence-corrected chi connectivity index (χ1v) is 16.1. The molecule has 0 unspecified atom stereocenters. The lowest BCUT2D eigenvalue weighted by atomic mass is 9.92. The molecule has 0 saturated carbocycles. The molecule has 6 aromatic carbocycles. The third kappa shape index (κ3) is 4.16. The third-order valence-electron chi connectivity index (χ3n) is 9.40. The summed E-state index contributed by atoms with van der Waals surface area (Å²) in [4.78, 5) is 9.95. The monoisotopic (exact) mass is 614 g/mol. The van der Waals surface area contributed by atoms with Crippen LogP contribution in [0.2, 0.25) is 0 Å². The molecular weight excluding hydrogens is 588 g/mol. The average molecular weight is 615 g/mol. The Morgan fingerprint density at radius 1 is 0.354 bits per heavy atom. The minimum Gasteiger partial charge on any atom is -0.455 e. The van der Waals surface area contributed by atoms with Gasteiger partial charge < -0.3 is 8.83 Å². The van der Waals surface area contributed by atoms with E-state index in [-0.39, 0.29) is 0 Å². The first kappa shape index (κ1) is 26.7. The van der Waals surface area contributed by atoms with E-state index in [2.05, 4.69) is 109 Å². The SMILES string of the molecule is c1ccc2cc(-c3ccc(-c4cccc5c4oc4ccccc45)nc3)c(-c3ccc(-c4cccc5c4oc4ccccc45)nc3)cc2c1. The number of rotatable bonds is 4. The molecule has 10 rings (SSSR count). The van der Waals surface area contributed by atoms with E-state index < -0.39 is 0 Å². The van der Waals surface area contributed by atoms with Gasteiger partial charge >= 0.3 is 0 Å². The van der Waals surface area contributed by atoms with Crippen LogP contribution < -0.4 is 0 Å². The molecule has 0 aliphatic heterocycles. The number of hydrogen-bond donors (Lipinski definition) is 0. The fourth-order valence-corrected chi connectivity index (χ4v) is 7.04. The van der Waals surface area contributed by atoms with Crippen LogP contribution in [0, 0.1) is 0 Å². The molecule has 4 heterocycles. The minimum absolute atomic E-state index is 0.856. The van der Waals surface area contributed by atoms with Crippen LogP contribution in [0.3, 0.4) is 0 Å². The molecule has 0 N–H and O–H groups in total. The summed E-state index contributed by atoms with van der Waals surface area (Å²) in [6.07, 6.45) is 3.93. The average Bonchev–Trinajstić information content (AvgIpc) is 3.73. The first-order chi connectivity index (χ1) is 23.8. The molecule has 0 aliphatic rings. The molecular formula is C44H26N2O2. The number of hydrogen-bond acceptors (Lipinski definition) is 4. The maximum Gasteiger partial charge on any atom is 0.144 e. The largest absolute Gasteiger partial charge is 0.455 e. The normalized spacial score (nSPS) is 11.8. The summed E-state index contributed by atoms with van der Waals surface area (Å²) in [6.45, 7) is 0. The Morgan fingerprint density at radius 2 is 0.792 bits per heavy atom. The minimum atomic E-state index is 0.856. The molecule has 0 aliphatic carbocycles. The molecule has 0 spiro atoms. The molecule has 0 saturated heterocycles. The zero-order chi connectivity index (χ0) is 31.6. The van der Waals surface area contributed by atoms with E-state index in [4.69, 9.17) is 18.8 Å². The Balaban J connectivity index is 1.07. The van der Waals surface area contributed by atoms with Crippen molar-refractivity contribution in [2.75, 3.05) is 0 Å². The number of aromatic nitrogens is 2. The molecule has 0 fully saturated rings. The molecule has 48 heavy (non-hydrogen) atoms. The second kappa shape index (κ2) is 10.5. The topological polar surface area (TPSA) is 52.1 Å². The highest BCUT2D eigenvalue weighted by molar-refractivity contribution is 6.10. The molecule has 4 aromatic heterocycles. The van der Waals surface area contributed by atoms with Crippen molar-refractivity contribution < 1.29 is 8.83 Å². The fourth-order valence-electron chi connectivity index (χ4n) is 7.04. The molecule has 4 heteroatoms.